The molecule has 0 aliphatic heterocycles. The lowest BCUT2D eigenvalue weighted by atomic mass is 9.90. The summed E-state index contributed by atoms with van der Waals surface area (Å²) in [7, 11) is -0.129. The number of carboxylic acids is 2. The minimum Gasteiger partial charge on any atom is -0.481 e. The van der Waals surface area contributed by atoms with Gasteiger partial charge in [-0.1, -0.05) is 39.0 Å². The number of hydrogen-bond donors (Lipinski definition) is 2. The SMILES string of the molecule is CCCCCCCC(CCC(=O)O)(CCC(=O)O)P=O. The number of rotatable bonds is 13. The Morgan fingerprint density at radius 1 is 0.900 bits per heavy atom. The van der Waals surface area contributed by atoms with E-state index in [1.54, 1.807) is 0 Å². The second kappa shape index (κ2) is 10.8. The highest BCUT2D eigenvalue weighted by Gasteiger charge is 2.31. The van der Waals surface area contributed by atoms with Crippen molar-refractivity contribution >= 4 is 20.4 Å². The topological polar surface area (TPSA) is 91.7 Å². The molecule has 0 aliphatic rings. The standard InChI is InChI=1S/C14H25O5P/c1-2-3-4-5-6-9-14(20-19,10-7-12(15)16)11-8-13(17)18/h2-11H2,1H3,(H,15,16)(H,17,18). The van der Waals surface area contributed by atoms with Crippen LogP contribution in [-0.2, 0) is 14.2 Å². The zero-order valence-corrected chi connectivity index (χ0v) is 13.0. The van der Waals surface area contributed by atoms with Crippen molar-refractivity contribution in [1.29, 1.82) is 0 Å². The smallest absolute Gasteiger partial charge is 0.303 e. The third kappa shape index (κ3) is 9.03. The summed E-state index contributed by atoms with van der Waals surface area (Å²) in [4.78, 5) is 21.4. The zero-order valence-electron chi connectivity index (χ0n) is 12.1. The van der Waals surface area contributed by atoms with Gasteiger partial charge in [0.2, 0.25) is 0 Å². The molecular formula is C14H25O5P. The molecule has 0 atom stereocenters. The van der Waals surface area contributed by atoms with Crippen molar-refractivity contribution in [3.05, 3.63) is 0 Å². The van der Waals surface area contributed by atoms with Crippen molar-refractivity contribution in [2.24, 2.45) is 0 Å². The molecule has 0 radical (unpaired) electrons. The highest BCUT2D eigenvalue weighted by molar-refractivity contribution is 7.26. The minimum atomic E-state index is -0.931. The summed E-state index contributed by atoms with van der Waals surface area (Å²) in [6, 6.07) is 0. The number of carboxylic acid groups (broad SMARTS) is 2. The molecule has 0 spiro atoms. The molecule has 0 fully saturated rings. The second-order valence-corrected chi connectivity index (χ2v) is 6.40. The molecule has 0 rings (SSSR count). The van der Waals surface area contributed by atoms with Crippen molar-refractivity contribution in [2.75, 3.05) is 0 Å². The van der Waals surface area contributed by atoms with Crippen LogP contribution >= 0.6 is 8.46 Å². The second-order valence-electron chi connectivity index (χ2n) is 5.27. The first kappa shape index (κ1) is 19.0. The van der Waals surface area contributed by atoms with Crippen LogP contribution in [0.2, 0.25) is 0 Å². The number of aliphatic carboxylic acids is 2. The normalized spacial score (nSPS) is 11.7. The Morgan fingerprint density at radius 2 is 1.40 bits per heavy atom. The molecule has 0 amide bonds. The van der Waals surface area contributed by atoms with Gasteiger partial charge in [-0.2, -0.15) is 0 Å². The van der Waals surface area contributed by atoms with Crippen LogP contribution in [0.1, 0.15) is 71.1 Å². The summed E-state index contributed by atoms with van der Waals surface area (Å²) < 4.78 is 11.5. The summed E-state index contributed by atoms with van der Waals surface area (Å²) in [6.45, 7) is 2.13. The van der Waals surface area contributed by atoms with Crippen molar-refractivity contribution in [3.63, 3.8) is 0 Å². The minimum absolute atomic E-state index is 0.0657. The van der Waals surface area contributed by atoms with E-state index in [2.05, 4.69) is 6.92 Å². The molecule has 2 N–H and O–H groups in total. The Morgan fingerprint density at radius 3 is 1.80 bits per heavy atom. The molecule has 0 heterocycles. The first-order valence-corrected chi connectivity index (χ1v) is 8.05. The van der Waals surface area contributed by atoms with E-state index in [1.807, 2.05) is 0 Å². The molecule has 20 heavy (non-hydrogen) atoms. The Balaban J connectivity index is 4.43. The Bertz CT molecular complexity index is 299. The van der Waals surface area contributed by atoms with E-state index in [-0.39, 0.29) is 34.1 Å². The molecule has 0 aromatic heterocycles. The maximum atomic E-state index is 11.5. The Labute approximate surface area is 122 Å². The molecule has 0 aromatic carbocycles. The van der Waals surface area contributed by atoms with Crippen LogP contribution in [0.25, 0.3) is 0 Å². The maximum Gasteiger partial charge on any atom is 0.303 e. The number of unbranched alkanes of at least 4 members (excludes halogenated alkanes) is 4. The number of hydrogen-bond acceptors (Lipinski definition) is 3. The Kier molecular flexibility index (Phi) is 10.3. The highest BCUT2D eigenvalue weighted by atomic mass is 31.1. The molecule has 6 heteroatoms. The third-order valence-corrected chi connectivity index (χ3v) is 4.61. The van der Waals surface area contributed by atoms with Gasteiger partial charge in [-0.05, 0) is 19.3 Å². The molecule has 116 valence electrons. The van der Waals surface area contributed by atoms with Crippen molar-refractivity contribution in [3.8, 4) is 0 Å². The van der Waals surface area contributed by atoms with Gasteiger partial charge in [-0.3, -0.25) is 14.2 Å². The van der Waals surface area contributed by atoms with Gasteiger partial charge in [0, 0.05) is 12.8 Å². The average Bonchev–Trinajstić information content (AvgIpc) is 2.41. The fraction of sp³-hybridized carbons (Fsp3) is 0.857. The lowest BCUT2D eigenvalue weighted by Crippen LogP contribution is -2.24. The van der Waals surface area contributed by atoms with Crippen LogP contribution < -0.4 is 0 Å². The molecular weight excluding hydrogens is 279 g/mol. The molecule has 0 saturated carbocycles. The quantitative estimate of drug-likeness (QED) is 0.394. The van der Waals surface area contributed by atoms with Crippen LogP contribution in [0.3, 0.4) is 0 Å². The lowest BCUT2D eigenvalue weighted by Gasteiger charge is -2.25. The van der Waals surface area contributed by atoms with E-state index in [1.165, 1.54) is 0 Å². The van der Waals surface area contributed by atoms with E-state index in [4.69, 9.17) is 10.2 Å². The monoisotopic (exact) mass is 304 g/mol. The van der Waals surface area contributed by atoms with Crippen LogP contribution in [0.5, 0.6) is 0 Å². The molecule has 5 nitrogen and oxygen atoms in total. The van der Waals surface area contributed by atoms with E-state index in [9.17, 15) is 14.2 Å². The van der Waals surface area contributed by atoms with E-state index >= 15 is 0 Å². The van der Waals surface area contributed by atoms with Crippen LogP contribution in [0.15, 0.2) is 0 Å². The third-order valence-electron chi connectivity index (χ3n) is 3.55. The first-order valence-electron chi connectivity index (χ1n) is 7.24. The van der Waals surface area contributed by atoms with Gasteiger partial charge in [-0.15, -0.1) is 0 Å². The van der Waals surface area contributed by atoms with Crippen LogP contribution in [0, 0.1) is 0 Å². The van der Waals surface area contributed by atoms with Crippen molar-refractivity contribution < 1.29 is 24.4 Å². The molecule has 0 unspecified atom stereocenters. The van der Waals surface area contributed by atoms with Crippen molar-refractivity contribution in [2.45, 2.75) is 76.3 Å². The van der Waals surface area contributed by atoms with Gasteiger partial charge in [0.1, 0.15) is 0 Å². The highest BCUT2D eigenvalue weighted by Crippen LogP contribution is 2.38. The van der Waals surface area contributed by atoms with Gasteiger partial charge in [0.25, 0.3) is 0 Å². The van der Waals surface area contributed by atoms with Crippen LogP contribution in [0.4, 0.5) is 0 Å². The predicted molar refractivity (Wildman–Crippen MR) is 77.5 cm³/mol. The summed E-state index contributed by atoms with van der Waals surface area (Å²) in [5, 5.41) is 16.8. The molecule has 0 saturated heterocycles. The van der Waals surface area contributed by atoms with Gasteiger partial charge in [0.05, 0.1) is 5.16 Å². The fourth-order valence-corrected chi connectivity index (χ4v) is 2.90. The predicted octanol–water partition coefficient (Wildman–Crippen LogP) is 4.11. The molecule has 0 aliphatic carbocycles. The van der Waals surface area contributed by atoms with Crippen molar-refractivity contribution in [1.82, 2.24) is 0 Å². The average molecular weight is 304 g/mol. The summed E-state index contributed by atoms with van der Waals surface area (Å²) in [6.07, 6.45) is 6.34. The van der Waals surface area contributed by atoms with Gasteiger partial charge >= 0.3 is 11.9 Å². The fourth-order valence-electron chi connectivity index (χ4n) is 2.25. The van der Waals surface area contributed by atoms with Gasteiger partial charge in [0.15, 0.2) is 8.46 Å². The van der Waals surface area contributed by atoms with E-state index < -0.39 is 17.1 Å². The van der Waals surface area contributed by atoms with Gasteiger partial charge in [-0.25, -0.2) is 0 Å². The lowest BCUT2D eigenvalue weighted by molar-refractivity contribution is -0.137. The van der Waals surface area contributed by atoms with Crippen LogP contribution in [-0.4, -0.2) is 27.3 Å². The van der Waals surface area contributed by atoms with Gasteiger partial charge < -0.3 is 10.2 Å². The first-order chi connectivity index (χ1) is 9.45. The van der Waals surface area contributed by atoms with E-state index in [0.717, 1.165) is 32.1 Å². The molecule has 0 bridgehead atoms. The summed E-state index contributed by atoms with van der Waals surface area (Å²) >= 11 is 0. The summed E-state index contributed by atoms with van der Waals surface area (Å²) in [5.41, 5.74) is 0. The number of carbonyl (C=O) groups is 2. The molecule has 0 aromatic rings. The maximum absolute atomic E-state index is 11.5. The summed E-state index contributed by atoms with van der Waals surface area (Å²) in [5.74, 6) is -1.86. The Hall–Kier alpha value is -0.960. The largest absolute Gasteiger partial charge is 0.481 e. The zero-order chi connectivity index (χ0) is 15.4. The van der Waals surface area contributed by atoms with E-state index in [0.29, 0.717) is 6.42 Å².